The topological polar surface area (TPSA) is 81.2 Å². The minimum Gasteiger partial charge on any atom is -0.297 e. The number of aromatic nitrogens is 2. The summed E-state index contributed by atoms with van der Waals surface area (Å²) >= 11 is 0. The van der Waals surface area contributed by atoms with Crippen LogP contribution in [0.5, 0.6) is 0 Å². The van der Waals surface area contributed by atoms with Gasteiger partial charge in [0, 0.05) is 44.6 Å². The van der Waals surface area contributed by atoms with E-state index in [4.69, 9.17) is 5.14 Å². The summed E-state index contributed by atoms with van der Waals surface area (Å²) in [7, 11) is -4.05. The van der Waals surface area contributed by atoms with Gasteiger partial charge in [-0.3, -0.25) is 4.90 Å². The fourth-order valence-electron chi connectivity index (χ4n) is 4.02. The second-order valence-electron chi connectivity index (χ2n) is 8.49. The van der Waals surface area contributed by atoms with E-state index in [2.05, 4.69) is 5.10 Å². The van der Waals surface area contributed by atoms with E-state index in [0.29, 0.717) is 24.4 Å². The first-order valence-corrected chi connectivity index (χ1v) is 12.1. The first kappa shape index (κ1) is 23.5. The summed E-state index contributed by atoms with van der Waals surface area (Å²) in [4.78, 5) is 1.58. The van der Waals surface area contributed by atoms with Crippen LogP contribution >= 0.6 is 0 Å². The summed E-state index contributed by atoms with van der Waals surface area (Å²) in [5.74, 6) is -3.42. The number of nitrogens with two attached hydrogens (primary N) is 1. The fourth-order valence-corrected chi connectivity index (χ4v) is 4.55. The molecule has 2 N–H and O–H groups in total. The summed E-state index contributed by atoms with van der Waals surface area (Å²) in [5.41, 5.74) is 3.48. The van der Waals surface area contributed by atoms with Crippen LogP contribution in [0.15, 0.2) is 53.4 Å². The normalized spacial score (nSPS) is 16.8. The molecule has 0 amide bonds. The molecule has 6 nitrogen and oxygen atoms in total. The summed E-state index contributed by atoms with van der Waals surface area (Å²) in [6.07, 6.45) is 0.0597. The van der Waals surface area contributed by atoms with Gasteiger partial charge in [-0.2, -0.15) is 5.10 Å². The van der Waals surface area contributed by atoms with Crippen molar-refractivity contribution in [2.24, 2.45) is 5.14 Å². The highest BCUT2D eigenvalue weighted by atomic mass is 32.2. The molecule has 0 unspecified atom stereocenters. The molecule has 3 aromatic rings. The molecule has 0 saturated carbocycles. The van der Waals surface area contributed by atoms with Crippen molar-refractivity contribution in [2.45, 2.75) is 43.5 Å². The second kappa shape index (κ2) is 8.92. The van der Waals surface area contributed by atoms with Crippen LogP contribution in [0.3, 0.4) is 0 Å². The Balaban J connectivity index is 1.68. The lowest BCUT2D eigenvalue weighted by molar-refractivity contribution is -0.0568. The number of benzene rings is 2. The van der Waals surface area contributed by atoms with Crippen LogP contribution < -0.4 is 5.14 Å². The number of rotatable bonds is 6. The third kappa shape index (κ3) is 5.63. The van der Waals surface area contributed by atoms with Crippen molar-refractivity contribution in [1.82, 2.24) is 14.7 Å². The van der Waals surface area contributed by atoms with Crippen LogP contribution in [0, 0.1) is 12.7 Å². The lowest BCUT2D eigenvalue weighted by Crippen LogP contribution is -2.38. The van der Waals surface area contributed by atoms with Crippen molar-refractivity contribution < 1.29 is 21.6 Å². The van der Waals surface area contributed by atoms with Crippen molar-refractivity contribution in [3.63, 3.8) is 0 Å². The van der Waals surface area contributed by atoms with Gasteiger partial charge in [0.15, 0.2) is 0 Å². The zero-order valence-corrected chi connectivity index (χ0v) is 19.0. The maximum atomic E-state index is 14.9. The molecule has 0 aliphatic carbocycles. The van der Waals surface area contributed by atoms with Gasteiger partial charge in [0.05, 0.1) is 10.6 Å². The molecule has 10 heteroatoms. The van der Waals surface area contributed by atoms with Crippen LogP contribution in [0.25, 0.3) is 5.69 Å². The van der Waals surface area contributed by atoms with Gasteiger partial charge in [0.1, 0.15) is 11.5 Å². The molecule has 1 saturated heterocycles. The number of piperidine rings is 1. The number of primary sulfonamides is 1. The molecule has 0 atom stereocenters. The molecule has 33 heavy (non-hydrogen) atoms. The largest absolute Gasteiger partial charge is 0.297 e. The Hall–Kier alpha value is -2.69. The van der Waals surface area contributed by atoms with E-state index in [1.54, 1.807) is 0 Å². The van der Waals surface area contributed by atoms with Crippen LogP contribution in [0.2, 0.25) is 0 Å². The number of sulfonamides is 1. The Morgan fingerprint density at radius 3 is 2.45 bits per heavy atom. The zero-order chi connectivity index (χ0) is 23.8. The van der Waals surface area contributed by atoms with E-state index in [-0.39, 0.29) is 36.5 Å². The number of hydrogen-bond acceptors (Lipinski definition) is 4. The van der Waals surface area contributed by atoms with Gasteiger partial charge in [-0.25, -0.2) is 31.4 Å². The lowest BCUT2D eigenvalue weighted by Gasteiger charge is -2.31. The minimum atomic E-state index is -4.05. The molecule has 0 bridgehead atoms. The SMILES string of the molecule is Cc1cccc(Cc2cc(CN3CCC(F)(F)CC3)nn2-c2ccc(S(N)(=O)=O)cc2F)c1. The van der Waals surface area contributed by atoms with Crippen LogP contribution in [0.4, 0.5) is 13.2 Å². The van der Waals surface area contributed by atoms with E-state index in [9.17, 15) is 21.6 Å². The van der Waals surface area contributed by atoms with Gasteiger partial charge >= 0.3 is 0 Å². The van der Waals surface area contributed by atoms with Crippen LogP contribution in [0.1, 0.15) is 35.4 Å². The summed E-state index contributed by atoms with van der Waals surface area (Å²) in [6, 6.07) is 13.1. The Morgan fingerprint density at radius 1 is 1.09 bits per heavy atom. The van der Waals surface area contributed by atoms with Gasteiger partial charge in [0.2, 0.25) is 10.0 Å². The molecular formula is C23H25F3N4O2S. The molecular weight excluding hydrogens is 453 g/mol. The number of halogens is 3. The first-order chi connectivity index (χ1) is 15.5. The molecule has 2 aromatic carbocycles. The maximum Gasteiger partial charge on any atom is 0.250 e. The highest BCUT2D eigenvalue weighted by molar-refractivity contribution is 7.89. The number of likely N-dealkylation sites (tertiary alicyclic amines) is 1. The molecule has 0 spiro atoms. The predicted octanol–water partition coefficient (Wildman–Crippen LogP) is 3.79. The van der Waals surface area contributed by atoms with Crippen molar-refractivity contribution in [3.8, 4) is 5.69 Å². The summed E-state index contributed by atoms with van der Waals surface area (Å²) < 4.78 is 66.5. The second-order valence-corrected chi connectivity index (χ2v) is 10.1. The average Bonchev–Trinajstić information content (AvgIpc) is 3.10. The quantitative estimate of drug-likeness (QED) is 0.585. The Bertz CT molecular complexity index is 1260. The van der Waals surface area contributed by atoms with E-state index in [0.717, 1.165) is 17.2 Å². The molecule has 176 valence electrons. The Labute approximate surface area is 190 Å². The predicted molar refractivity (Wildman–Crippen MR) is 118 cm³/mol. The van der Waals surface area contributed by atoms with Crippen LogP contribution in [-0.2, 0) is 23.0 Å². The first-order valence-electron chi connectivity index (χ1n) is 10.6. The Morgan fingerprint density at radius 2 is 1.82 bits per heavy atom. The standard InChI is InChI=1S/C23H25F3N4O2S/c1-16-3-2-4-17(11-16)12-19-13-18(15-29-9-7-23(25,26)8-10-29)28-30(19)22-6-5-20(14-21(22)24)33(27,31)32/h2-6,11,13-14H,7-10,12,15H2,1H3,(H2,27,31,32). The molecule has 1 aliphatic heterocycles. The number of alkyl halides is 2. The third-order valence-electron chi connectivity index (χ3n) is 5.75. The molecule has 0 radical (unpaired) electrons. The molecule has 1 fully saturated rings. The van der Waals surface area contributed by atoms with Crippen molar-refractivity contribution in [3.05, 3.63) is 76.9 Å². The lowest BCUT2D eigenvalue weighted by atomic mass is 10.1. The fraction of sp³-hybridized carbons (Fsp3) is 0.348. The average molecular weight is 479 g/mol. The number of hydrogen-bond donors (Lipinski definition) is 1. The molecule has 4 rings (SSSR count). The summed E-state index contributed by atoms with van der Waals surface area (Å²) in [6.45, 7) is 2.85. The van der Waals surface area contributed by atoms with Gasteiger partial charge in [-0.1, -0.05) is 29.8 Å². The van der Waals surface area contributed by atoms with E-state index < -0.39 is 21.8 Å². The zero-order valence-electron chi connectivity index (χ0n) is 18.1. The smallest absolute Gasteiger partial charge is 0.250 e. The van der Waals surface area contributed by atoms with Crippen molar-refractivity contribution in [2.75, 3.05) is 13.1 Å². The van der Waals surface area contributed by atoms with Gasteiger partial charge < -0.3 is 0 Å². The third-order valence-corrected chi connectivity index (χ3v) is 6.66. The van der Waals surface area contributed by atoms with Crippen molar-refractivity contribution >= 4 is 10.0 Å². The highest BCUT2D eigenvalue weighted by Crippen LogP contribution is 2.29. The number of nitrogens with zero attached hydrogens (tertiary/aromatic N) is 3. The highest BCUT2D eigenvalue weighted by Gasteiger charge is 2.34. The Kier molecular flexibility index (Phi) is 6.35. The molecule has 1 aromatic heterocycles. The molecule has 2 heterocycles. The van der Waals surface area contributed by atoms with Gasteiger partial charge in [-0.05, 0) is 36.8 Å². The van der Waals surface area contributed by atoms with E-state index in [1.807, 2.05) is 42.2 Å². The van der Waals surface area contributed by atoms with Crippen molar-refractivity contribution in [1.29, 1.82) is 0 Å². The van der Waals surface area contributed by atoms with E-state index in [1.165, 1.54) is 16.8 Å². The summed E-state index contributed by atoms with van der Waals surface area (Å²) in [5, 5.41) is 9.66. The van der Waals surface area contributed by atoms with Gasteiger partial charge in [0.25, 0.3) is 5.92 Å². The molecule has 1 aliphatic rings. The van der Waals surface area contributed by atoms with E-state index >= 15 is 0 Å². The van der Waals surface area contributed by atoms with Gasteiger partial charge in [-0.15, -0.1) is 0 Å². The monoisotopic (exact) mass is 478 g/mol. The maximum absolute atomic E-state index is 14.9. The van der Waals surface area contributed by atoms with Crippen LogP contribution in [-0.4, -0.2) is 42.1 Å². The minimum absolute atomic E-state index is 0.0847. The number of aryl methyl sites for hydroxylation is 1.